The number of nitrogens with zero attached hydrogens (tertiary/aromatic N) is 4. The van der Waals surface area contributed by atoms with Gasteiger partial charge in [-0.1, -0.05) is 36.4 Å². The fourth-order valence-electron chi connectivity index (χ4n) is 4.01. The van der Waals surface area contributed by atoms with Crippen LogP contribution in [0.2, 0.25) is 0 Å². The van der Waals surface area contributed by atoms with Crippen LogP contribution in [0.25, 0.3) is 16.9 Å². The minimum Gasteiger partial charge on any atom is -0.339 e. The van der Waals surface area contributed by atoms with Crippen LogP contribution in [0.1, 0.15) is 23.2 Å². The molecule has 0 unspecified atom stereocenters. The molecule has 6 nitrogen and oxygen atoms in total. The predicted octanol–water partition coefficient (Wildman–Crippen LogP) is 3.23. The predicted molar refractivity (Wildman–Crippen MR) is 114 cm³/mol. The molecule has 0 bridgehead atoms. The molecule has 2 aliphatic rings. The second kappa shape index (κ2) is 7.78. The Morgan fingerprint density at radius 2 is 1.57 bits per heavy atom. The Labute approximate surface area is 175 Å². The average molecular weight is 400 g/mol. The maximum atomic E-state index is 13.1. The molecule has 2 heterocycles. The maximum absolute atomic E-state index is 13.1. The molecule has 0 radical (unpaired) electrons. The molecule has 2 fully saturated rings. The van der Waals surface area contributed by atoms with E-state index in [9.17, 15) is 9.59 Å². The molecule has 0 atom stereocenters. The molecule has 3 aromatic rings. The van der Waals surface area contributed by atoms with E-state index in [0.29, 0.717) is 31.7 Å². The van der Waals surface area contributed by atoms with E-state index in [0.717, 1.165) is 29.8 Å². The molecule has 1 saturated heterocycles. The Kier molecular flexibility index (Phi) is 4.83. The number of amides is 2. The number of benzene rings is 2. The summed E-state index contributed by atoms with van der Waals surface area (Å²) in [6.07, 6.45) is 3.80. The summed E-state index contributed by atoms with van der Waals surface area (Å²) in [5, 5.41) is 4.48. The van der Waals surface area contributed by atoms with Crippen molar-refractivity contribution in [3.8, 4) is 16.9 Å². The van der Waals surface area contributed by atoms with Gasteiger partial charge in [0.25, 0.3) is 5.91 Å². The van der Waals surface area contributed by atoms with Gasteiger partial charge >= 0.3 is 0 Å². The van der Waals surface area contributed by atoms with Crippen molar-refractivity contribution in [2.75, 3.05) is 26.2 Å². The quantitative estimate of drug-likeness (QED) is 0.676. The highest BCUT2D eigenvalue weighted by Crippen LogP contribution is 2.31. The molecule has 2 aromatic carbocycles. The zero-order chi connectivity index (χ0) is 20.5. The highest BCUT2D eigenvalue weighted by molar-refractivity contribution is 5.95. The molecule has 6 heteroatoms. The van der Waals surface area contributed by atoms with Crippen LogP contribution < -0.4 is 0 Å². The van der Waals surface area contributed by atoms with Crippen molar-refractivity contribution in [3.63, 3.8) is 0 Å². The van der Waals surface area contributed by atoms with Gasteiger partial charge in [0.05, 0.1) is 17.6 Å². The van der Waals surface area contributed by atoms with Crippen molar-refractivity contribution in [3.05, 3.63) is 72.4 Å². The van der Waals surface area contributed by atoms with Gasteiger partial charge in [0.1, 0.15) is 0 Å². The van der Waals surface area contributed by atoms with Gasteiger partial charge in [0.15, 0.2) is 0 Å². The van der Waals surface area contributed by atoms with Crippen molar-refractivity contribution >= 4 is 11.8 Å². The topological polar surface area (TPSA) is 58.4 Å². The van der Waals surface area contributed by atoms with E-state index < -0.39 is 0 Å². The number of rotatable bonds is 4. The Balaban J connectivity index is 1.33. The van der Waals surface area contributed by atoms with Crippen molar-refractivity contribution in [2.24, 2.45) is 5.92 Å². The first-order valence-corrected chi connectivity index (χ1v) is 10.5. The van der Waals surface area contributed by atoms with Crippen molar-refractivity contribution in [1.82, 2.24) is 19.6 Å². The van der Waals surface area contributed by atoms with E-state index in [1.54, 1.807) is 6.20 Å². The SMILES string of the molecule is O=C(c1cccc(-n2nccc2-c2ccccc2)c1)N1CCN(C(=O)C2CC2)CC1. The summed E-state index contributed by atoms with van der Waals surface area (Å²) in [6.45, 7) is 2.41. The Hall–Kier alpha value is -3.41. The number of carbonyl (C=O) groups is 2. The fraction of sp³-hybridized carbons (Fsp3) is 0.292. The molecular weight excluding hydrogens is 376 g/mol. The summed E-state index contributed by atoms with van der Waals surface area (Å²) >= 11 is 0. The largest absolute Gasteiger partial charge is 0.339 e. The summed E-state index contributed by atoms with van der Waals surface area (Å²) in [6, 6.07) is 19.6. The normalized spacial score (nSPS) is 16.5. The number of aromatic nitrogens is 2. The van der Waals surface area contributed by atoms with E-state index in [-0.39, 0.29) is 17.7 Å². The minimum atomic E-state index is 0.00351. The molecule has 2 amide bonds. The Morgan fingerprint density at radius 1 is 0.833 bits per heavy atom. The van der Waals surface area contributed by atoms with Crippen LogP contribution in [0.15, 0.2) is 66.9 Å². The molecule has 0 N–H and O–H groups in total. The van der Waals surface area contributed by atoms with Gasteiger partial charge in [-0.25, -0.2) is 4.68 Å². The van der Waals surface area contributed by atoms with Crippen molar-refractivity contribution in [1.29, 1.82) is 0 Å². The lowest BCUT2D eigenvalue weighted by atomic mass is 10.1. The smallest absolute Gasteiger partial charge is 0.254 e. The van der Waals surface area contributed by atoms with Gasteiger partial charge in [-0.2, -0.15) is 5.10 Å². The zero-order valence-electron chi connectivity index (χ0n) is 16.8. The monoisotopic (exact) mass is 400 g/mol. The van der Waals surface area contributed by atoms with E-state index >= 15 is 0 Å². The van der Waals surface area contributed by atoms with Crippen LogP contribution >= 0.6 is 0 Å². The zero-order valence-corrected chi connectivity index (χ0v) is 16.8. The second-order valence-electron chi connectivity index (χ2n) is 7.94. The third-order valence-electron chi connectivity index (χ3n) is 5.86. The van der Waals surface area contributed by atoms with Gasteiger partial charge in [-0.05, 0) is 37.1 Å². The molecule has 1 aliphatic carbocycles. The van der Waals surface area contributed by atoms with Crippen LogP contribution in [0.3, 0.4) is 0 Å². The highest BCUT2D eigenvalue weighted by Gasteiger charge is 2.35. The number of hydrogen-bond donors (Lipinski definition) is 0. The molecule has 1 saturated carbocycles. The number of carbonyl (C=O) groups excluding carboxylic acids is 2. The lowest BCUT2D eigenvalue weighted by Gasteiger charge is -2.35. The first kappa shape index (κ1) is 18.6. The molecule has 1 aromatic heterocycles. The van der Waals surface area contributed by atoms with Crippen LogP contribution in [0, 0.1) is 5.92 Å². The average Bonchev–Trinajstić information content (AvgIpc) is 3.55. The summed E-state index contributed by atoms with van der Waals surface area (Å²) in [5.41, 5.74) is 3.55. The lowest BCUT2D eigenvalue weighted by Crippen LogP contribution is -2.51. The van der Waals surface area contributed by atoms with Gasteiger partial charge < -0.3 is 9.80 Å². The summed E-state index contributed by atoms with van der Waals surface area (Å²) in [7, 11) is 0. The fourth-order valence-corrected chi connectivity index (χ4v) is 4.01. The van der Waals surface area contributed by atoms with Gasteiger partial charge in [-0.15, -0.1) is 0 Å². The van der Waals surface area contributed by atoms with Crippen molar-refractivity contribution < 1.29 is 9.59 Å². The number of piperazine rings is 1. The van der Waals surface area contributed by atoms with Crippen LogP contribution in [-0.2, 0) is 4.79 Å². The van der Waals surface area contributed by atoms with E-state index in [1.165, 1.54) is 0 Å². The third-order valence-corrected chi connectivity index (χ3v) is 5.86. The summed E-state index contributed by atoms with van der Waals surface area (Å²) in [4.78, 5) is 29.1. The van der Waals surface area contributed by atoms with Gasteiger partial charge in [-0.3, -0.25) is 9.59 Å². The molecule has 1 aliphatic heterocycles. The standard InChI is InChI=1S/C24H24N4O2/c29-23(19-9-10-19)26-13-15-27(16-14-26)24(30)20-7-4-8-21(17-20)28-22(11-12-25-28)18-5-2-1-3-6-18/h1-8,11-12,17,19H,9-10,13-16H2. The second-order valence-corrected chi connectivity index (χ2v) is 7.94. The van der Waals surface area contributed by atoms with E-state index in [4.69, 9.17) is 0 Å². The maximum Gasteiger partial charge on any atom is 0.254 e. The summed E-state index contributed by atoms with van der Waals surface area (Å²) < 4.78 is 1.86. The Bertz CT molecular complexity index is 1060. The minimum absolute atomic E-state index is 0.00351. The van der Waals surface area contributed by atoms with E-state index in [2.05, 4.69) is 5.10 Å². The van der Waals surface area contributed by atoms with Gasteiger partial charge in [0.2, 0.25) is 5.91 Å². The first-order valence-electron chi connectivity index (χ1n) is 10.5. The Morgan fingerprint density at radius 3 is 2.30 bits per heavy atom. The first-order chi connectivity index (χ1) is 14.7. The van der Waals surface area contributed by atoms with Crippen LogP contribution in [0.4, 0.5) is 0 Å². The van der Waals surface area contributed by atoms with Crippen molar-refractivity contribution in [2.45, 2.75) is 12.8 Å². The highest BCUT2D eigenvalue weighted by atomic mass is 16.2. The number of hydrogen-bond acceptors (Lipinski definition) is 3. The van der Waals surface area contributed by atoms with Gasteiger partial charge in [0, 0.05) is 43.2 Å². The van der Waals surface area contributed by atoms with Crippen LogP contribution in [0.5, 0.6) is 0 Å². The molecule has 30 heavy (non-hydrogen) atoms. The molecule has 152 valence electrons. The molecular formula is C24H24N4O2. The molecule has 0 spiro atoms. The lowest BCUT2D eigenvalue weighted by molar-refractivity contribution is -0.134. The summed E-state index contributed by atoms with van der Waals surface area (Å²) in [5.74, 6) is 0.497. The van der Waals surface area contributed by atoms with Crippen LogP contribution in [-0.4, -0.2) is 57.6 Å². The third kappa shape index (κ3) is 3.61. The molecule has 5 rings (SSSR count). The van der Waals surface area contributed by atoms with E-state index in [1.807, 2.05) is 75.1 Å².